The number of anilines is 1. The van der Waals surface area contributed by atoms with Crippen LogP contribution >= 0.6 is 11.8 Å². The zero-order valence-electron chi connectivity index (χ0n) is 14.9. The highest BCUT2D eigenvalue weighted by molar-refractivity contribution is 8.13. The highest BCUT2D eigenvalue weighted by Gasteiger charge is 2.48. The van der Waals surface area contributed by atoms with E-state index in [4.69, 9.17) is 5.73 Å². The van der Waals surface area contributed by atoms with Gasteiger partial charge in [0.05, 0.1) is 17.4 Å². The Hall–Kier alpha value is -2.48. The van der Waals surface area contributed by atoms with E-state index < -0.39 is 5.54 Å². The van der Waals surface area contributed by atoms with Crippen LogP contribution in [0, 0.1) is 18.7 Å². The third-order valence-electron chi connectivity index (χ3n) is 5.23. The Morgan fingerprint density at radius 1 is 1.37 bits per heavy atom. The number of fused-ring (bicyclic) bond motifs is 1. The number of rotatable bonds is 3. The molecule has 2 aliphatic rings. The average molecular weight is 385 g/mol. The molecule has 0 unspecified atom stereocenters. The number of nitrogens with two attached hydrogens (primary N) is 1. The quantitative estimate of drug-likeness (QED) is 0.846. The molecule has 1 aromatic heterocycles. The highest BCUT2D eigenvalue weighted by Crippen LogP contribution is 2.51. The van der Waals surface area contributed by atoms with Gasteiger partial charge in [0.25, 0.3) is 5.91 Å². The summed E-state index contributed by atoms with van der Waals surface area (Å²) in [6, 6.07) is 4.60. The maximum absolute atomic E-state index is 14.8. The lowest BCUT2D eigenvalue weighted by molar-refractivity contribution is 0.102. The summed E-state index contributed by atoms with van der Waals surface area (Å²) >= 11 is 1.53. The van der Waals surface area contributed by atoms with Gasteiger partial charge in [0.2, 0.25) is 0 Å². The molecule has 1 aromatic carbocycles. The van der Waals surface area contributed by atoms with Gasteiger partial charge in [-0.05, 0) is 43.9 Å². The van der Waals surface area contributed by atoms with Crippen LogP contribution in [0.3, 0.4) is 0 Å². The molecular weight excluding hydrogens is 365 g/mol. The summed E-state index contributed by atoms with van der Waals surface area (Å²) in [6.45, 7) is 1.80. The lowest BCUT2D eigenvalue weighted by atomic mass is 9.81. The van der Waals surface area contributed by atoms with Gasteiger partial charge in [-0.1, -0.05) is 18.2 Å². The van der Waals surface area contributed by atoms with E-state index in [2.05, 4.69) is 20.3 Å². The van der Waals surface area contributed by atoms with Gasteiger partial charge in [-0.25, -0.2) is 9.37 Å². The zero-order valence-corrected chi connectivity index (χ0v) is 15.7. The summed E-state index contributed by atoms with van der Waals surface area (Å²) in [5.74, 6) is 0.379. The number of aromatic nitrogens is 2. The SMILES string of the molecule is Cc1cnc(C(=O)Nc2ccc(F)c([C@]34CCC[C@H]3CSC(N)=N4)c2)cn1. The van der Waals surface area contributed by atoms with Crippen molar-refractivity contribution in [1.82, 2.24) is 9.97 Å². The lowest BCUT2D eigenvalue weighted by Crippen LogP contribution is -2.37. The Bertz CT molecular complexity index is 917. The third kappa shape index (κ3) is 3.29. The predicted molar refractivity (Wildman–Crippen MR) is 104 cm³/mol. The van der Waals surface area contributed by atoms with Crippen LogP contribution in [-0.2, 0) is 5.54 Å². The summed E-state index contributed by atoms with van der Waals surface area (Å²) in [5, 5.41) is 3.28. The summed E-state index contributed by atoms with van der Waals surface area (Å²) in [7, 11) is 0. The molecule has 0 bridgehead atoms. The molecule has 2 atom stereocenters. The number of hydrogen-bond acceptors (Lipinski definition) is 6. The molecule has 1 amide bonds. The first kappa shape index (κ1) is 17.9. The molecule has 3 N–H and O–H groups in total. The van der Waals surface area contributed by atoms with Crippen LogP contribution < -0.4 is 11.1 Å². The number of aliphatic imine (C=N–C) groups is 1. The molecule has 8 heteroatoms. The molecule has 27 heavy (non-hydrogen) atoms. The van der Waals surface area contributed by atoms with Crippen molar-refractivity contribution in [2.45, 2.75) is 31.7 Å². The van der Waals surface area contributed by atoms with Crippen molar-refractivity contribution in [2.75, 3.05) is 11.1 Å². The van der Waals surface area contributed by atoms with Gasteiger partial charge in [0.15, 0.2) is 5.17 Å². The smallest absolute Gasteiger partial charge is 0.275 e. The molecule has 1 fully saturated rings. The molecule has 6 nitrogen and oxygen atoms in total. The zero-order chi connectivity index (χ0) is 19.0. The number of carbonyl (C=O) groups excluding carboxylic acids is 1. The van der Waals surface area contributed by atoms with Gasteiger partial charge >= 0.3 is 0 Å². The molecule has 2 heterocycles. The van der Waals surface area contributed by atoms with Crippen molar-refractivity contribution in [1.29, 1.82) is 0 Å². The number of carbonyl (C=O) groups is 1. The Morgan fingerprint density at radius 3 is 3.00 bits per heavy atom. The van der Waals surface area contributed by atoms with Crippen molar-refractivity contribution in [2.24, 2.45) is 16.6 Å². The fourth-order valence-electron chi connectivity index (χ4n) is 3.90. The Morgan fingerprint density at radius 2 is 2.22 bits per heavy atom. The van der Waals surface area contributed by atoms with Gasteiger partial charge in [-0.3, -0.25) is 14.8 Å². The minimum Gasteiger partial charge on any atom is -0.379 e. The number of hydrogen-bond donors (Lipinski definition) is 2. The van der Waals surface area contributed by atoms with Crippen LogP contribution in [0.4, 0.5) is 10.1 Å². The van der Waals surface area contributed by atoms with Gasteiger partial charge in [0.1, 0.15) is 11.5 Å². The van der Waals surface area contributed by atoms with E-state index in [-0.39, 0.29) is 23.3 Å². The van der Waals surface area contributed by atoms with Crippen molar-refractivity contribution >= 4 is 28.5 Å². The molecule has 2 aromatic rings. The van der Waals surface area contributed by atoms with Crippen LogP contribution in [0.5, 0.6) is 0 Å². The molecule has 1 saturated carbocycles. The van der Waals surface area contributed by atoms with Crippen LogP contribution in [-0.4, -0.2) is 26.8 Å². The van der Waals surface area contributed by atoms with E-state index in [0.717, 1.165) is 30.7 Å². The maximum Gasteiger partial charge on any atom is 0.275 e. The summed E-state index contributed by atoms with van der Waals surface area (Å²) in [6.07, 6.45) is 5.70. The van der Waals surface area contributed by atoms with Gasteiger partial charge in [-0.15, -0.1) is 0 Å². The van der Waals surface area contributed by atoms with Crippen LogP contribution in [0.15, 0.2) is 35.6 Å². The van der Waals surface area contributed by atoms with Gasteiger partial charge < -0.3 is 11.1 Å². The van der Waals surface area contributed by atoms with Gasteiger partial charge in [0, 0.05) is 23.2 Å². The monoisotopic (exact) mass is 385 g/mol. The lowest BCUT2D eigenvalue weighted by Gasteiger charge is -2.36. The maximum atomic E-state index is 14.8. The molecule has 140 valence electrons. The van der Waals surface area contributed by atoms with Crippen molar-refractivity contribution in [3.63, 3.8) is 0 Å². The predicted octanol–water partition coefficient (Wildman–Crippen LogP) is 3.23. The minimum absolute atomic E-state index is 0.208. The second-order valence-corrected chi connectivity index (χ2v) is 8.01. The Labute approximate surface area is 160 Å². The first-order valence-corrected chi connectivity index (χ1v) is 9.85. The molecule has 0 radical (unpaired) electrons. The number of nitrogens with zero attached hydrogens (tertiary/aromatic N) is 3. The Balaban J connectivity index is 1.67. The van der Waals surface area contributed by atoms with E-state index in [1.807, 2.05) is 0 Å². The summed E-state index contributed by atoms with van der Waals surface area (Å²) in [5.41, 5.74) is 7.28. The second-order valence-electron chi connectivity index (χ2n) is 6.97. The first-order valence-electron chi connectivity index (χ1n) is 8.86. The topological polar surface area (TPSA) is 93.3 Å². The number of amidine groups is 1. The number of aryl methyl sites for hydroxylation is 1. The third-order valence-corrected chi connectivity index (χ3v) is 6.19. The number of nitrogens with one attached hydrogen (secondary N) is 1. The average Bonchev–Trinajstić information content (AvgIpc) is 3.07. The molecule has 0 saturated heterocycles. The fourth-order valence-corrected chi connectivity index (χ4v) is 4.94. The molecule has 4 rings (SSSR count). The minimum atomic E-state index is -0.635. The van der Waals surface area contributed by atoms with Crippen molar-refractivity contribution < 1.29 is 9.18 Å². The van der Waals surface area contributed by atoms with Crippen molar-refractivity contribution in [3.8, 4) is 0 Å². The van der Waals surface area contributed by atoms with E-state index in [0.29, 0.717) is 16.4 Å². The van der Waals surface area contributed by atoms with Crippen molar-refractivity contribution in [3.05, 3.63) is 53.4 Å². The molecular formula is C19H20FN5OS. The number of benzene rings is 1. The summed E-state index contributed by atoms with van der Waals surface area (Å²) < 4.78 is 14.8. The van der Waals surface area contributed by atoms with Crippen LogP contribution in [0.25, 0.3) is 0 Å². The van der Waals surface area contributed by atoms with Crippen LogP contribution in [0.2, 0.25) is 0 Å². The largest absolute Gasteiger partial charge is 0.379 e. The standard InChI is InChI=1S/C19H20FN5OS/c1-11-8-23-16(9-22-11)17(26)24-13-4-5-15(20)14(7-13)19-6-2-3-12(19)10-27-18(21)25-19/h4-5,7-9,12H,2-3,6,10H2,1H3,(H2,21,25)(H,24,26)/t12-,19-/m0/s1. The number of amides is 1. The number of thioether (sulfide) groups is 1. The van der Waals surface area contributed by atoms with E-state index in [1.165, 1.54) is 30.2 Å². The number of halogens is 1. The highest BCUT2D eigenvalue weighted by atomic mass is 32.2. The molecule has 1 aliphatic heterocycles. The van der Waals surface area contributed by atoms with E-state index in [1.54, 1.807) is 19.1 Å². The fraction of sp³-hybridized carbons (Fsp3) is 0.368. The normalized spacial score (nSPS) is 24.2. The van der Waals surface area contributed by atoms with E-state index in [9.17, 15) is 9.18 Å². The van der Waals surface area contributed by atoms with Crippen LogP contribution in [0.1, 0.15) is 41.0 Å². The van der Waals surface area contributed by atoms with E-state index >= 15 is 0 Å². The Kier molecular flexibility index (Phi) is 4.59. The molecule has 1 aliphatic carbocycles. The van der Waals surface area contributed by atoms with Gasteiger partial charge in [-0.2, -0.15) is 0 Å². The second kappa shape index (κ2) is 6.92. The molecule has 0 spiro atoms. The first-order chi connectivity index (χ1) is 13.0. The summed E-state index contributed by atoms with van der Waals surface area (Å²) in [4.78, 5) is 25.3.